The van der Waals surface area contributed by atoms with E-state index in [1.807, 2.05) is 91.0 Å². The number of Topliss-reactive ketones (excluding diaryl/α,β-unsaturated/α-hetero) is 1. The quantitative estimate of drug-likeness (QED) is 0.204. The highest BCUT2D eigenvalue weighted by Gasteiger charge is 2.46. The van der Waals surface area contributed by atoms with E-state index in [1.54, 1.807) is 6.07 Å². The van der Waals surface area contributed by atoms with Crippen molar-refractivity contribution in [1.29, 1.82) is 0 Å². The molecule has 5 heteroatoms. The summed E-state index contributed by atoms with van der Waals surface area (Å²) in [5.74, 6) is -1.48. The monoisotopic (exact) mass is 488 g/mol. The van der Waals surface area contributed by atoms with Crippen LogP contribution < -0.4 is 9.80 Å². The molecule has 2 heterocycles. The summed E-state index contributed by atoms with van der Waals surface area (Å²) in [7, 11) is 0. The zero-order valence-electron chi connectivity index (χ0n) is 20.5. The lowest BCUT2D eigenvalue weighted by Gasteiger charge is -2.30. The second-order valence-electron chi connectivity index (χ2n) is 9.71. The van der Waals surface area contributed by atoms with Gasteiger partial charge in [0.15, 0.2) is 0 Å². The maximum Gasteiger partial charge on any atom is 0.300 e. The third-order valence-corrected chi connectivity index (χ3v) is 7.43. The number of piperidine rings is 1. The van der Waals surface area contributed by atoms with Crippen LogP contribution in [0.2, 0.25) is 0 Å². The van der Waals surface area contributed by atoms with Crippen molar-refractivity contribution in [1.82, 2.24) is 0 Å². The minimum Gasteiger partial charge on any atom is -0.507 e. The average molecular weight is 489 g/mol. The summed E-state index contributed by atoms with van der Waals surface area (Å²) >= 11 is 0. The number of hydrogen-bond acceptors (Lipinski definition) is 4. The van der Waals surface area contributed by atoms with Crippen LogP contribution in [0.5, 0.6) is 0 Å². The molecule has 5 nitrogen and oxygen atoms in total. The van der Waals surface area contributed by atoms with Crippen LogP contribution in [0.1, 0.15) is 36.4 Å². The number of hydrogen-bond donors (Lipinski definition) is 1. The van der Waals surface area contributed by atoms with Crippen LogP contribution in [-0.4, -0.2) is 29.9 Å². The number of aliphatic hydroxyl groups excluding tert-OH is 1. The Hall–Kier alpha value is -4.38. The van der Waals surface area contributed by atoms with Gasteiger partial charge in [-0.1, -0.05) is 66.7 Å². The molecule has 0 saturated carbocycles. The van der Waals surface area contributed by atoms with Crippen molar-refractivity contribution in [2.24, 2.45) is 0 Å². The van der Waals surface area contributed by atoms with Crippen molar-refractivity contribution in [2.75, 3.05) is 22.9 Å². The zero-order chi connectivity index (χ0) is 25.4. The molecule has 4 aromatic carbocycles. The molecule has 4 aromatic rings. The fraction of sp³-hybridized carbons (Fsp3) is 0.188. The largest absolute Gasteiger partial charge is 0.507 e. The van der Waals surface area contributed by atoms with Gasteiger partial charge in [-0.15, -0.1) is 0 Å². The van der Waals surface area contributed by atoms with Gasteiger partial charge in [0.25, 0.3) is 11.7 Å². The second kappa shape index (κ2) is 9.58. The molecular weight excluding hydrogens is 460 g/mol. The number of fused-ring (bicyclic) bond motifs is 1. The molecule has 2 aliphatic rings. The van der Waals surface area contributed by atoms with E-state index in [1.165, 1.54) is 24.2 Å². The van der Waals surface area contributed by atoms with Crippen molar-refractivity contribution < 1.29 is 14.7 Å². The normalized spacial score (nSPS) is 19.5. The Morgan fingerprint density at radius 3 is 2.08 bits per heavy atom. The minimum atomic E-state index is -0.728. The fourth-order valence-corrected chi connectivity index (χ4v) is 5.52. The number of carbonyl (C=O) groups excluding carboxylic acids is 2. The highest BCUT2D eigenvalue weighted by molar-refractivity contribution is 6.51. The first-order valence-electron chi connectivity index (χ1n) is 12.8. The molecular formula is C32H28N2O3. The molecule has 184 valence electrons. The molecule has 1 atom stereocenters. The number of ketones is 1. The van der Waals surface area contributed by atoms with Crippen LogP contribution >= 0.6 is 0 Å². The third kappa shape index (κ3) is 4.16. The highest BCUT2D eigenvalue weighted by atomic mass is 16.3. The lowest BCUT2D eigenvalue weighted by Crippen LogP contribution is -2.30. The molecule has 0 aromatic heterocycles. The smallest absolute Gasteiger partial charge is 0.300 e. The first-order chi connectivity index (χ1) is 18.1. The summed E-state index contributed by atoms with van der Waals surface area (Å²) in [6.45, 7) is 2.05. The number of amides is 1. The lowest BCUT2D eigenvalue weighted by atomic mass is 9.94. The van der Waals surface area contributed by atoms with E-state index in [0.29, 0.717) is 11.3 Å². The first-order valence-corrected chi connectivity index (χ1v) is 12.8. The van der Waals surface area contributed by atoms with Gasteiger partial charge in [0.2, 0.25) is 0 Å². The van der Waals surface area contributed by atoms with Crippen molar-refractivity contribution in [3.63, 3.8) is 0 Å². The van der Waals surface area contributed by atoms with E-state index in [0.717, 1.165) is 35.1 Å². The first kappa shape index (κ1) is 23.0. The molecule has 37 heavy (non-hydrogen) atoms. The van der Waals surface area contributed by atoms with E-state index < -0.39 is 17.7 Å². The van der Waals surface area contributed by atoms with Crippen LogP contribution in [0, 0.1) is 0 Å². The molecule has 1 N–H and O–H groups in total. The Labute approximate surface area is 216 Å². The van der Waals surface area contributed by atoms with Crippen LogP contribution in [0.4, 0.5) is 11.4 Å². The van der Waals surface area contributed by atoms with Gasteiger partial charge in [-0.05, 0) is 65.9 Å². The average Bonchev–Trinajstić information content (AvgIpc) is 3.23. The van der Waals surface area contributed by atoms with E-state index in [-0.39, 0.29) is 11.3 Å². The molecule has 0 radical (unpaired) electrons. The van der Waals surface area contributed by atoms with Gasteiger partial charge < -0.3 is 10.0 Å². The summed E-state index contributed by atoms with van der Waals surface area (Å²) in [4.78, 5) is 30.8. The summed E-state index contributed by atoms with van der Waals surface area (Å²) in [6, 6.07) is 30.0. The molecule has 1 unspecified atom stereocenters. The maximum atomic E-state index is 13.5. The standard InChI is InChI=1S/C32H28N2O3/c35-30(25-14-13-22-9-5-6-12-24(22)21-25)28-29(23-10-3-1-4-11-23)34(32(37)31(28)36)27-17-15-26(16-18-27)33-19-7-2-8-20-33/h1,3-6,9-18,21,29,35H,2,7-8,19-20H2/b30-28-. The molecule has 0 aliphatic carbocycles. The molecule has 0 spiro atoms. The van der Waals surface area contributed by atoms with E-state index >= 15 is 0 Å². The predicted molar refractivity (Wildman–Crippen MR) is 148 cm³/mol. The number of nitrogens with zero attached hydrogens (tertiary/aromatic N) is 2. The van der Waals surface area contributed by atoms with E-state index in [2.05, 4.69) is 4.90 Å². The summed E-state index contributed by atoms with van der Waals surface area (Å²) in [6.07, 6.45) is 3.62. The highest BCUT2D eigenvalue weighted by Crippen LogP contribution is 2.42. The Bertz CT molecular complexity index is 1500. The van der Waals surface area contributed by atoms with E-state index in [4.69, 9.17) is 0 Å². The molecule has 2 saturated heterocycles. The van der Waals surface area contributed by atoms with Crippen molar-refractivity contribution in [3.8, 4) is 0 Å². The van der Waals surface area contributed by atoms with Gasteiger partial charge >= 0.3 is 0 Å². The Morgan fingerprint density at radius 2 is 1.35 bits per heavy atom. The van der Waals surface area contributed by atoms with Gasteiger partial charge in [0, 0.05) is 30.0 Å². The molecule has 0 bridgehead atoms. The van der Waals surface area contributed by atoms with Gasteiger partial charge in [0.1, 0.15) is 5.76 Å². The van der Waals surface area contributed by atoms with Crippen LogP contribution in [0.15, 0.2) is 103 Å². The molecule has 6 rings (SSSR count). The van der Waals surface area contributed by atoms with Crippen LogP contribution in [-0.2, 0) is 9.59 Å². The second-order valence-corrected chi connectivity index (χ2v) is 9.71. The SMILES string of the molecule is O=C1C(=O)N(c2ccc(N3CCCCC3)cc2)C(c2ccccc2)/C1=C(/O)c1ccc2ccccc2c1. The Morgan fingerprint density at radius 1 is 0.703 bits per heavy atom. The van der Waals surface area contributed by atoms with Gasteiger partial charge in [-0.3, -0.25) is 14.5 Å². The van der Waals surface area contributed by atoms with Gasteiger partial charge in [-0.2, -0.15) is 0 Å². The number of anilines is 2. The number of carbonyl (C=O) groups is 2. The number of rotatable bonds is 4. The third-order valence-electron chi connectivity index (χ3n) is 7.43. The van der Waals surface area contributed by atoms with Gasteiger partial charge in [0.05, 0.1) is 11.6 Å². The van der Waals surface area contributed by atoms with Crippen molar-refractivity contribution >= 4 is 39.6 Å². The number of aliphatic hydroxyl groups is 1. The molecule has 1 amide bonds. The zero-order valence-corrected chi connectivity index (χ0v) is 20.5. The maximum absolute atomic E-state index is 13.5. The van der Waals surface area contributed by atoms with Crippen molar-refractivity contribution in [3.05, 3.63) is 114 Å². The van der Waals surface area contributed by atoms with E-state index in [9.17, 15) is 14.7 Å². The van der Waals surface area contributed by atoms with Crippen LogP contribution in [0.25, 0.3) is 16.5 Å². The summed E-state index contributed by atoms with van der Waals surface area (Å²) in [5, 5.41) is 13.4. The Kier molecular flexibility index (Phi) is 5.97. The topological polar surface area (TPSA) is 60.9 Å². The van der Waals surface area contributed by atoms with Crippen LogP contribution in [0.3, 0.4) is 0 Å². The predicted octanol–water partition coefficient (Wildman–Crippen LogP) is 6.46. The van der Waals surface area contributed by atoms with Gasteiger partial charge in [-0.25, -0.2) is 0 Å². The lowest BCUT2D eigenvalue weighted by molar-refractivity contribution is -0.132. The minimum absolute atomic E-state index is 0.103. The number of benzene rings is 4. The molecule has 2 aliphatic heterocycles. The summed E-state index contributed by atoms with van der Waals surface area (Å²) < 4.78 is 0. The fourth-order valence-electron chi connectivity index (χ4n) is 5.52. The summed E-state index contributed by atoms with van der Waals surface area (Å²) in [5.41, 5.74) is 3.13. The molecule has 2 fully saturated rings. The Balaban J connectivity index is 1.45. The van der Waals surface area contributed by atoms with Crippen molar-refractivity contribution in [2.45, 2.75) is 25.3 Å².